The number of imidazole rings is 1. The van der Waals surface area contributed by atoms with Crippen LogP contribution in [0.15, 0.2) is 58.2 Å². The number of benzene rings is 2. The van der Waals surface area contributed by atoms with E-state index in [2.05, 4.69) is 20.9 Å². The first-order valence-corrected chi connectivity index (χ1v) is 15.1. The molecule has 0 radical (unpaired) electrons. The van der Waals surface area contributed by atoms with Gasteiger partial charge in [-0.3, -0.25) is 9.59 Å². The van der Waals surface area contributed by atoms with E-state index in [0.29, 0.717) is 16.9 Å². The summed E-state index contributed by atoms with van der Waals surface area (Å²) < 4.78 is 45.7. The summed E-state index contributed by atoms with van der Waals surface area (Å²) in [5, 5.41) is 4.80. The Kier molecular flexibility index (Phi) is 6.76. The van der Waals surface area contributed by atoms with Crippen molar-refractivity contribution in [3.8, 4) is 11.6 Å². The normalized spacial score (nSPS) is 16.7. The second kappa shape index (κ2) is 10.4. The molecule has 0 saturated heterocycles. The van der Waals surface area contributed by atoms with Crippen LogP contribution in [0.25, 0.3) is 22.7 Å². The van der Waals surface area contributed by atoms with E-state index in [9.17, 15) is 22.8 Å². The molecule has 0 saturated carbocycles. The Balaban J connectivity index is 1.35. The molecule has 13 heteroatoms. The van der Waals surface area contributed by atoms with Crippen molar-refractivity contribution in [2.24, 2.45) is 7.05 Å². The highest BCUT2D eigenvalue weighted by Crippen LogP contribution is 2.36. The number of alkyl halides is 3. The molecule has 9 nitrogen and oxygen atoms in total. The molecule has 0 bridgehead atoms. The number of hydrogen-bond acceptors (Lipinski definition) is 5. The van der Waals surface area contributed by atoms with Crippen molar-refractivity contribution in [2.45, 2.75) is 57.8 Å². The van der Waals surface area contributed by atoms with Crippen molar-refractivity contribution >= 4 is 32.9 Å². The molecular weight excluding hydrogens is 639 g/mol. The monoisotopic (exact) mass is 665 g/mol. The summed E-state index contributed by atoms with van der Waals surface area (Å²) in [6, 6.07) is 8.57. The van der Waals surface area contributed by atoms with Gasteiger partial charge in [0.05, 0.1) is 46.5 Å². The number of hydrogen-bond donors (Lipinski definition) is 0. The fraction of sp³-hybridized carbons (Fsp3) is 0.323. The number of fused-ring (bicyclic) bond motifs is 3. The van der Waals surface area contributed by atoms with E-state index < -0.39 is 23.7 Å². The van der Waals surface area contributed by atoms with Crippen LogP contribution in [0.2, 0.25) is 0 Å². The molecule has 1 amide bonds. The van der Waals surface area contributed by atoms with Gasteiger partial charge in [-0.05, 0) is 81.0 Å². The van der Waals surface area contributed by atoms with Crippen LogP contribution in [0.1, 0.15) is 58.2 Å². The summed E-state index contributed by atoms with van der Waals surface area (Å²) in [5.41, 5.74) is 3.84. The van der Waals surface area contributed by atoms with Crippen molar-refractivity contribution in [1.82, 2.24) is 33.8 Å². The topological polar surface area (TPSA) is 90.8 Å². The molecule has 1 aliphatic heterocycles. The summed E-state index contributed by atoms with van der Waals surface area (Å²) in [5.74, 6) is -0.285. The van der Waals surface area contributed by atoms with Crippen molar-refractivity contribution in [3.63, 3.8) is 0 Å². The molecule has 2 aromatic carbocycles. The minimum Gasteiger partial charge on any atom is -0.334 e. The Labute approximate surface area is 258 Å². The minimum atomic E-state index is -4.63. The molecule has 226 valence electrons. The number of rotatable bonds is 3. The van der Waals surface area contributed by atoms with Crippen molar-refractivity contribution < 1.29 is 18.0 Å². The number of nitrogens with zero attached hydrogens (tertiary/aromatic N) is 7. The van der Waals surface area contributed by atoms with Gasteiger partial charge in [0.2, 0.25) is 5.95 Å². The summed E-state index contributed by atoms with van der Waals surface area (Å²) >= 11 is 2.94. The molecule has 1 aliphatic carbocycles. The zero-order chi connectivity index (χ0) is 30.9. The Hall–Kier alpha value is -4.26. The molecule has 0 N–H and O–H groups in total. The predicted octanol–water partition coefficient (Wildman–Crippen LogP) is 5.55. The van der Waals surface area contributed by atoms with Gasteiger partial charge in [0, 0.05) is 34.9 Å². The van der Waals surface area contributed by atoms with Gasteiger partial charge in [-0.25, -0.2) is 19.2 Å². The van der Waals surface area contributed by atoms with Crippen LogP contribution >= 0.6 is 15.9 Å². The van der Waals surface area contributed by atoms with Gasteiger partial charge in [-0.2, -0.15) is 18.3 Å². The largest absolute Gasteiger partial charge is 0.417 e. The number of aryl methyl sites for hydroxylation is 3. The Morgan fingerprint density at radius 2 is 1.86 bits per heavy atom. The molecule has 1 atom stereocenters. The van der Waals surface area contributed by atoms with Crippen LogP contribution in [0.4, 0.5) is 13.2 Å². The third-order valence-electron chi connectivity index (χ3n) is 8.53. The van der Waals surface area contributed by atoms with Crippen LogP contribution in [-0.4, -0.2) is 45.7 Å². The van der Waals surface area contributed by atoms with Crippen LogP contribution in [-0.2, 0) is 39.0 Å². The van der Waals surface area contributed by atoms with Crippen LogP contribution in [0.3, 0.4) is 0 Å². The van der Waals surface area contributed by atoms with Crippen LogP contribution in [0.5, 0.6) is 0 Å². The van der Waals surface area contributed by atoms with E-state index in [0.717, 1.165) is 54.0 Å². The smallest absolute Gasteiger partial charge is 0.334 e. The molecule has 44 heavy (non-hydrogen) atoms. The molecule has 7 rings (SSSR count). The van der Waals surface area contributed by atoms with E-state index in [1.165, 1.54) is 17.0 Å². The molecular formula is C31H27BrF3N7O2. The van der Waals surface area contributed by atoms with E-state index in [1.807, 2.05) is 36.0 Å². The van der Waals surface area contributed by atoms with Crippen LogP contribution in [0, 0.1) is 0 Å². The SMILES string of the molecule is CC1Cc2c(nc(-n3cc4c(n3)CCCC4)n(-c3ccc4c(c3)ncn4C)c2=O)CN1C(=O)c1ccc(Br)c(C(F)(F)F)c1. The highest BCUT2D eigenvalue weighted by molar-refractivity contribution is 9.10. The number of carbonyl (C=O) groups is 1. The second-order valence-electron chi connectivity index (χ2n) is 11.4. The average Bonchev–Trinajstić information content (AvgIpc) is 3.59. The Bertz CT molecular complexity index is 2000. The summed E-state index contributed by atoms with van der Waals surface area (Å²) in [7, 11) is 1.90. The molecule has 0 fully saturated rings. The zero-order valence-corrected chi connectivity index (χ0v) is 25.5. The van der Waals surface area contributed by atoms with Gasteiger partial charge in [0.15, 0.2) is 0 Å². The molecule has 1 unspecified atom stereocenters. The van der Waals surface area contributed by atoms with Gasteiger partial charge in [-0.1, -0.05) is 15.9 Å². The quantitative estimate of drug-likeness (QED) is 0.252. The molecule has 3 aromatic heterocycles. The predicted molar refractivity (Wildman–Crippen MR) is 160 cm³/mol. The third-order valence-corrected chi connectivity index (χ3v) is 9.23. The lowest BCUT2D eigenvalue weighted by molar-refractivity contribution is -0.138. The standard InChI is InChI=1S/C31H27BrF3N7O2/c1-17-11-21-26(15-40(17)28(43)18-7-9-23(32)22(12-18)31(33,34)35)37-30(41-14-19-5-3-4-6-24(19)38-41)42(29(21)44)20-8-10-27-25(13-20)36-16-39(27)2/h7-10,12-14,16-17H,3-6,11,15H2,1-2H3. The zero-order valence-electron chi connectivity index (χ0n) is 23.9. The summed E-state index contributed by atoms with van der Waals surface area (Å²) in [4.78, 5) is 38.8. The molecule has 0 spiro atoms. The molecule has 4 heterocycles. The summed E-state index contributed by atoms with van der Waals surface area (Å²) in [6.45, 7) is 1.75. The molecule has 5 aromatic rings. The fourth-order valence-corrected chi connectivity index (χ4v) is 6.66. The van der Waals surface area contributed by atoms with E-state index in [-0.39, 0.29) is 34.5 Å². The fourth-order valence-electron chi connectivity index (χ4n) is 6.18. The molecule has 2 aliphatic rings. The maximum Gasteiger partial charge on any atom is 0.417 e. The first-order valence-electron chi connectivity index (χ1n) is 14.3. The van der Waals surface area contributed by atoms with Gasteiger partial charge in [0.1, 0.15) is 0 Å². The Morgan fingerprint density at radius 1 is 1.07 bits per heavy atom. The second-order valence-corrected chi connectivity index (χ2v) is 12.3. The van der Waals surface area contributed by atoms with Crippen molar-refractivity contribution in [1.29, 1.82) is 0 Å². The maximum atomic E-state index is 14.3. The lowest BCUT2D eigenvalue weighted by atomic mass is 9.98. The van der Waals surface area contributed by atoms with Gasteiger partial charge in [-0.15, -0.1) is 0 Å². The lowest BCUT2D eigenvalue weighted by Crippen LogP contribution is -2.46. The van der Waals surface area contributed by atoms with Crippen LogP contribution < -0.4 is 5.56 Å². The lowest BCUT2D eigenvalue weighted by Gasteiger charge is -2.34. The van der Waals surface area contributed by atoms with Crippen molar-refractivity contribution in [2.75, 3.05) is 0 Å². The number of carbonyl (C=O) groups excluding carboxylic acids is 1. The Morgan fingerprint density at radius 3 is 2.64 bits per heavy atom. The van der Waals surface area contributed by atoms with Gasteiger partial charge < -0.3 is 9.47 Å². The highest BCUT2D eigenvalue weighted by atomic mass is 79.9. The highest BCUT2D eigenvalue weighted by Gasteiger charge is 2.36. The van der Waals surface area contributed by atoms with E-state index in [1.54, 1.807) is 22.5 Å². The number of amides is 1. The van der Waals surface area contributed by atoms with Gasteiger partial charge in [0.25, 0.3) is 11.5 Å². The van der Waals surface area contributed by atoms with Gasteiger partial charge >= 0.3 is 6.18 Å². The number of aromatic nitrogens is 6. The third kappa shape index (κ3) is 4.73. The van der Waals surface area contributed by atoms with E-state index in [4.69, 9.17) is 10.1 Å². The van der Waals surface area contributed by atoms with E-state index >= 15 is 0 Å². The van der Waals surface area contributed by atoms with Crippen molar-refractivity contribution in [3.05, 3.63) is 97.4 Å². The minimum absolute atomic E-state index is 0.0317. The maximum absolute atomic E-state index is 14.3. The first-order chi connectivity index (χ1) is 21.0. The number of halogens is 4. The first kappa shape index (κ1) is 28.5. The summed E-state index contributed by atoms with van der Waals surface area (Å²) in [6.07, 6.45) is 3.00. The average molecular weight is 667 g/mol.